The molecule has 2 N–H and O–H groups in total. The Morgan fingerprint density at radius 1 is 1.50 bits per heavy atom. The van der Waals surface area contributed by atoms with Crippen LogP contribution >= 0.6 is 0 Å². The van der Waals surface area contributed by atoms with Gasteiger partial charge < -0.3 is 10.5 Å². The first-order chi connectivity index (χ1) is 6.72. The number of nitrogens with zero attached hydrogens (tertiary/aromatic N) is 1. The largest absolute Gasteiger partial charge is 0.493 e. The Hall–Kier alpha value is -1.09. The maximum atomic E-state index is 5.57. The molecule has 0 aromatic carbocycles. The van der Waals surface area contributed by atoms with E-state index in [9.17, 15) is 0 Å². The van der Waals surface area contributed by atoms with Gasteiger partial charge in [-0.2, -0.15) is 0 Å². The molecule has 3 heteroatoms. The molecule has 0 spiro atoms. The second-order valence-corrected chi connectivity index (χ2v) is 3.73. The van der Waals surface area contributed by atoms with E-state index in [1.807, 2.05) is 12.1 Å². The van der Waals surface area contributed by atoms with Crippen LogP contribution in [0.1, 0.15) is 19.5 Å². The molecular weight excluding hydrogens is 176 g/mol. The third kappa shape index (κ3) is 3.75. The van der Waals surface area contributed by atoms with Crippen LogP contribution in [0.25, 0.3) is 0 Å². The molecule has 1 aromatic heterocycles. The van der Waals surface area contributed by atoms with Gasteiger partial charge in [0.05, 0.1) is 6.61 Å². The fourth-order valence-electron chi connectivity index (χ4n) is 1.09. The molecular formula is C11H18N2O. The third-order valence-electron chi connectivity index (χ3n) is 1.77. The molecule has 0 atom stereocenters. The summed E-state index contributed by atoms with van der Waals surface area (Å²) in [7, 11) is 0. The van der Waals surface area contributed by atoms with Crippen LogP contribution in [0.5, 0.6) is 5.75 Å². The van der Waals surface area contributed by atoms with E-state index in [0.717, 1.165) is 24.5 Å². The van der Waals surface area contributed by atoms with Gasteiger partial charge in [-0.25, -0.2) is 0 Å². The van der Waals surface area contributed by atoms with Crippen molar-refractivity contribution in [3.8, 4) is 5.75 Å². The Morgan fingerprint density at radius 2 is 2.29 bits per heavy atom. The molecule has 1 aromatic rings. The number of hydrogen-bond acceptors (Lipinski definition) is 3. The van der Waals surface area contributed by atoms with Gasteiger partial charge in [-0.15, -0.1) is 0 Å². The SMILES string of the molecule is CC(C)COc1ccnc(CCN)c1. The van der Waals surface area contributed by atoms with Gasteiger partial charge in [0.15, 0.2) is 0 Å². The maximum Gasteiger partial charge on any atom is 0.122 e. The molecule has 78 valence electrons. The van der Waals surface area contributed by atoms with E-state index >= 15 is 0 Å². The molecule has 0 aliphatic rings. The first-order valence-electron chi connectivity index (χ1n) is 5.00. The Morgan fingerprint density at radius 3 is 2.93 bits per heavy atom. The van der Waals surface area contributed by atoms with Gasteiger partial charge in [0.25, 0.3) is 0 Å². The van der Waals surface area contributed by atoms with Gasteiger partial charge in [0.1, 0.15) is 5.75 Å². The summed E-state index contributed by atoms with van der Waals surface area (Å²) in [6.45, 7) is 5.62. The standard InChI is InChI=1S/C11H18N2O/c1-9(2)8-14-11-4-6-13-10(7-11)3-5-12/h4,6-7,9H,3,5,8,12H2,1-2H3. The molecule has 3 nitrogen and oxygen atoms in total. The van der Waals surface area contributed by atoms with Crippen LogP contribution in [-0.4, -0.2) is 18.1 Å². The quantitative estimate of drug-likeness (QED) is 0.774. The summed E-state index contributed by atoms with van der Waals surface area (Å²) >= 11 is 0. The molecule has 14 heavy (non-hydrogen) atoms. The molecule has 0 radical (unpaired) electrons. The molecule has 1 rings (SSSR count). The maximum absolute atomic E-state index is 5.57. The van der Waals surface area contributed by atoms with Gasteiger partial charge >= 0.3 is 0 Å². The lowest BCUT2D eigenvalue weighted by Gasteiger charge is -2.09. The van der Waals surface area contributed by atoms with Gasteiger partial charge in [-0.05, 0) is 18.5 Å². The van der Waals surface area contributed by atoms with Crippen LogP contribution in [0.4, 0.5) is 0 Å². The molecule has 0 bridgehead atoms. The topological polar surface area (TPSA) is 48.1 Å². The molecule has 0 saturated carbocycles. The van der Waals surface area contributed by atoms with Crippen molar-refractivity contribution in [2.45, 2.75) is 20.3 Å². The number of aromatic nitrogens is 1. The fraction of sp³-hybridized carbons (Fsp3) is 0.545. The van der Waals surface area contributed by atoms with E-state index in [-0.39, 0.29) is 0 Å². The first-order valence-corrected chi connectivity index (χ1v) is 5.00. The fourth-order valence-corrected chi connectivity index (χ4v) is 1.09. The van der Waals surface area contributed by atoms with Crippen molar-refractivity contribution in [1.29, 1.82) is 0 Å². The van der Waals surface area contributed by atoms with E-state index in [1.165, 1.54) is 0 Å². The van der Waals surface area contributed by atoms with Crippen LogP contribution in [0, 0.1) is 5.92 Å². The molecule has 0 fully saturated rings. The molecule has 0 amide bonds. The number of pyridine rings is 1. The van der Waals surface area contributed by atoms with E-state index in [2.05, 4.69) is 18.8 Å². The van der Waals surface area contributed by atoms with E-state index in [1.54, 1.807) is 6.20 Å². The lowest BCUT2D eigenvalue weighted by Crippen LogP contribution is -2.07. The summed E-state index contributed by atoms with van der Waals surface area (Å²) in [6.07, 6.45) is 2.57. The zero-order valence-corrected chi connectivity index (χ0v) is 8.86. The van der Waals surface area contributed by atoms with Crippen molar-refractivity contribution in [2.24, 2.45) is 11.7 Å². The van der Waals surface area contributed by atoms with Gasteiger partial charge in [0.2, 0.25) is 0 Å². The predicted molar refractivity (Wildman–Crippen MR) is 57.3 cm³/mol. The summed E-state index contributed by atoms with van der Waals surface area (Å²) in [5, 5.41) is 0. The highest BCUT2D eigenvalue weighted by molar-refractivity contribution is 5.22. The monoisotopic (exact) mass is 194 g/mol. The smallest absolute Gasteiger partial charge is 0.122 e. The second-order valence-electron chi connectivity index (χ2n) is 3.73. The van der Waals surface area contributed by atoms with Crippen molar-refractivity contribution in [1.82, 2.24) is 4.98 Å². The summed E-state index contributed by atoms with van der Waals surface area (Å²) in [6, 6.07) is 3.83. The van der Waals surface area contributed by atoms with E-state index < -0.39 is 0 Å². The second kappa shape index (κ2) is 5.60. The first kappa shape index (κ1) is 11.0. The highest BCUT2D eigenvalue weighted by atomic mass is 16.5. The van der Waals surface area contributed by atoms with Crippen molar-refractivity contribution < 1.29 is 4.74 Å². The molecule has 1 heterocycles. The summed E-state index contributed by atoms with van der Waals surface area (Å²) < 4.78 is 5.57. The van der Waals surface area contributed by atoms with E-state index in [0.29, 0.717) is 12.5 Å². The lowest BCUT2D eigenvalue weighted by atomic mass is 10.2. The van der Waals surface area contributed by atoms with Gasteiger partial charge in [-0.1, -0.05) is 13.8 Å². The van der Waals surface area contributed by atoms with Crippen LogP contribution < -0.4 is 10.5 Å². The summed E-state index contributed by atoms with van der Waals surface area (Å²) in [4.78, 5) is 4.20. The number of hydrogen-bond donors (Lipinski definition) is 1. The molecule has 0 saturated heterocycles. The third-order valence-corrected chi connectivity index (χ3v) is 1.77. The van der Waals surface area contributed by atoms with Crippen LogP contribution in [-0.2, 0) is 6.42 Å². The number of rotatable bonds is 5. The Kier molecular flexibility index (Phi) is 4.40. The van der Waals surface area contributed by atoms with Crippen LogP contribution in [0.15, 0.2) is 18.3 Å². The van der Waals surface area contributed by atoms with Gasteiger partial charge in [0, 0.05) is 24.4 Å². The minimum absolute atomic E-state index is 0.543. The lowest BCUT2D eigenvalue weighted by molar-refractivity contribution is 0.270. The number of ether oxygens (including phenoxy) is 1. The number of nitrogens with two attached hydrogens (primary N) is 1. The summed E-state index contributed by atoms with van der Waals surface area (Å²) in [5.41, 5.74) is 6.45. The minimum atomic E-state index is 0.543. The Balaban J connectivity index is 2.54. The highest BCUT2D eigenvalue weighted by Crippen LogP contribution is 2.12. The van der Waals surface area contributed by atoms with E-state index in [4.69, 9.17) is 10.5 Å². The zero-order chi connectivity index (χ0) is 10.4. The Bertz CT molecular complexity index is 274. The van der Waals surface area contributed by atoms with Crippen molar-refractivity contribution in [2.75, 3.05) is 13.2 Å². The summed E-state index contributed by atoms with van der Waals surface area (Å²) in [5.74, 6) is 1.43. The average molecular weight is 194 g/mol. The Labute approximate surface area is 85.3 Å². The minimum Gasteiger partial charge on any atom is -0.493 e. The van der Waals surface area contributed by atoms with Crippen molar-refractivity contribution in [3.05, 3.63) is 24.0 Å². The molecule has 0 unspecified atom stereocenters. The van der Waals surface area contributed by atoms with Gasteiger partial charge in [-0.3, -0.25) is 4.98 Å². The predicted octanol–water partition coefficient (Wildman–Crippen LogP) is 1.62. The normalized spacial score (nSPS) is 10.6. The molecule has 0 aliphatic heterocycles. The van der Waals surface area contributed by atoms with Crippen molar-refractivity contribution in [3.63, 3.8) is 0 Å². The van der Waals surface area contributed by atoms with Crippen molar-refractivity contribution >= 4 is 0 Å². The van der Waals surface area contributed by atoms with Crippen LogP contribution in [0.2, 0.25) is 0 Å². The highest BCUT2D eigenvalue weighted by Gasteiger charge is 1.99. The van der Waals surface area contributed by atoms with Crippen LogP contribution in [0.3, 0.4) is 0 Å². The average Bonchev–Trinajstić information content (AvgIpc) is 2.16. The zero-order valence-electron chi connectivity index (χ0n) is 8.86. The molecule has 0 aliphatic carbocycles.